The van der Waals surface area contributed by atoms with Gasteiger partial charge in [-0.15, -0.1) is 0 Å². The van der Waals surface area contributed by atoms with Gasteiger partial charge in [-0.25, -0.2) is 0 Å². The Hall–Kier alpha value is -1.66. The van der Waals surface area contributed by atoms with Crippen LogP contribution in [0.1, 0.15) is 17.5 Å². The maximum Gasteiger partial charge on any atom is 0.269 e. The van der Waals surface area contributed by atoms with E-state index in [1.54, 1.807) is 33.3 Å². The molecule has 2 aromatic rings. The summed E-state index contributed by atoms with van der Waals surface area (Å²) in [7, 11) is 4.78. The van der Waals surface area contributed by atoms with E-state index in [4.69, 9.17) is 9.47 Å². The third-order valence-electron chi connectivity index (χ3n) is 4.82. The van der Waals surface area contributed by atoms with E-state index in [2.05, 4.69) is 58.3 Å². The molecule has 11 heteroatoms. The summed E-state index contributed by atoms with van der Waals surface area (Å²) in [5, 5.41) is 26.9. The van der Waals surface area contributed by atoms with Crippen LogP contribution in [0.15, 0.2) is 48.9 Å². The van der Waals surface area contributed by atoms with E-state index in [9.17, 15) is 15.2 Å². The van der Waals surface area contributed by atoms with Gasteiger partial charge in [-0.1, -0.05) is 11.2 Å². The highest BCUT2D eigenvalue weighted by Crippen LogP contribution is 2.35. The van der Waals surface area contributed by atoms with Gasteiger partial charge in [0.15, 0.2) is 0 Å². The summed E-state index contributed by atoms with van der Waals surface area (Å²) < 4.78 is 13.0. The number of benzene rings is 2. The van der Waals surface area contributed by atoms with Gasteiger partial charge in [0.25, 0.3) is 5.91 Å². The van der Waals surface area contributed by atoms with E-state index in [1.165, 1.54) is 0 Å². The molecule has 0 bridgehead atoms. The van der Waals surface area contributed by atoms with Gasteiger partial charge in [-0.3, -0.25) is 4.79 Å². The number of halogens is 3. The number of ether oxygens (including phenoxy) is 2. The smallest absolute Gasteiger partial charge is 0.269 e. The molecule has 0 fully saturated rings. The Labute approximate surface area is 224 Å². The number of hydrogen-bond acceptors (Lipinski definition) is 6. The molecule has 0 saturated heterocycles. The van der Waals surface area contributed by atoms with Crippen LogP contribution in [0, 0.1) is 5.21 Å². The van der Waals surface area contributed by atoms with Crippen molar-refractivity contribution < 1.29 is 24.1 Å². The minimum atomic E-state index is -0.438. The van der Waals surface area contributed by atoms with E-state index >= 15 is 0 Å². The highest BCUT2D eigenvalue weighted by Gasteiger charge is 2.15. The molecule has 0 heterocycles. The lowest BCUT2D eigenvalue weighted by molar-refractivity contribution is -0.840. The van der Waals surface area contributed by atoms with E-state index in [0.717, 1.165) is 24.5 Å². The van der Waals surface area contributed by atoms with E-state index < -0.39 is 5.91 Å². The Morgan fingerprint density at radius 2 is 1.76 bits per heavy atom. The summed E-state index contributed by atoms with van der Waals surface area (Å²) in [5.41, 5.74) is 1.80. The second-order valence-electron chi connectivity index (χ2n) is 8.09. The molecule has 2 rings (SSSR count). The number of amides is 1. The molecule has 2 N–H and O–H groups in total. The van der Waals surface area contributed by atoms with Crippen LogP contribution >= 0.6 is 47.8 Å². The van der Waals surface area contributed by atoms with E-state index in [-0.39, 0.29) is 16.8 Å². The molecule has 0 aliphatic rings. The van der Waals surface area contributed by atoms with Crippen LogP contribution in [0.25, 0.3) is 0 Å². The molecule has 0 aliphatic carbocycles. The van der Waals surface area contributed by atoms with E-state index in [0.29, 0.717) is 44.0 Å². The zero-order chi connectivity index (χ0) is 25.3. The van der Waals surface area contributed by atoms with Gasteiger partial charge in [0.1, 0.15) is 17.2 Å². The number of hydrogen-bond donors (Lipinski definition) is 2. The van der Waals surface area contributed by atoms with E-state index in [1.807, 2.05) is 18.2 Å². The van der Waals surface area contributed by atoms with Crippen molar-refractivity contribution in [2.45, 2.75) is 19.3 Å². The van der Waals surface area contributed by atoms with Crippen LogP contribution in [0.2, 0.25) is 0 Å². The number of hydroxylamine groups is 3. The molecule has 8 nitrogen and oxygen atoms in total. The molecule has 0 aliphatic heterocycles. The predicted octanol–water partition coefficient (Wildman–Crippen LogP) is 5.06. The third-order valence-corrected chi connectivity index (χ3v) is 6.61. The number of oxime groups is 1. The number of nitrogens with one attached hydrogen (secondary N) is 1. The Kier molecular flexibility index (Phi) is 11.3. The number of rotatable bonds is 12. The summed E-state index contributed by atoms with van der Waals surface area (Å²) in [4.78, 5) is 12.5. The number of carbonyl (C=O) groups is 1. The molecule has 186 valence electrons. The first-order valence-electron chi connectivity index (χ1n) is 10.5. The fraction of sp³-hybridized carbons (Fsp3) is 0.391. The first kappa shape index (κ1) is 28.6. The summed E-state index contributed by atoms with van der Waals surface area (Å²) >= 11 is 10.5. The topological polar surface area (TPSA) is 103 Å². The lowest BCUT2D eigenvalue weighted by atomic mass is 10.1. The summed E-state index contributed by atoms with van der Waals surface area (Å²) in [6, 6.07) is 9.25. The molecule has 0 radical (unpaired) electrons. The second-order valence-corrected chi connectivity index (χ2v) is 10.6. The third kappa shape index (κ3) is 9.18. The van der Waals surface area contributed by atoms with Crippen LogP contribution in [0.4, 0.5) is 0 Å². The molecule has 0 spiro atoms. The molecule has 1 amide bonds. The zero-order valence-electron chi connectivity index (χ0n) is 19.2. The highest BCUT2D eigenvalue weighted by atomic mass is 79.9. The predicted molar refractivity (Wildman–Crippen MR) is 143 cm³/mol. The summed E-state index contributed by atoms with van der Waals surface area (Å²) in [6.45, 7) is 1.27. The highest BCUT2D eigenvalue weighted by molar-refractivity contribution is 9.11. The number of methoxy groups -OCH3 is 1. The normalized spacial score (nSPS) is 11.9. The summed E-state index contributed by atoms with van der Waals surface area (Å²) in [5.74, 6) is 0.909. The van der Waals surface area contributed by atoms with Gasteiger partial charge >= 0.3 is 0 Å². The van der Waals surface area contributed by atoms with Gasteiger partial charge < -0.3 is 29.9 Å². The molecular formula is C23H28Br3N3O5. The van der Waals surface area contributed by atoms with Crippen molar-refractivity contribution in [3.8, 4) is 11.5 Å². The van der Waals surface area contributed by atoms with Crippen molar-refractivity contribution in [3.05, 3.63) is 60.1 Å². The quantitative estimate of drug-likeness (QED) is 0.109. The van der Waals surface area contributed by atoms with Crippen molar-refractivity contribution in [1.29, 1.82) is 0 Å². The standard InChI is InChI=1S/C23H28Br3N3O5/c1-29(2,32)9-4-10-34-22-18(25)12-16(13-19(22)26)7-8-27-23(30)20(28-31)14-15-5-6-21(33-3)17(24)11-15/h5-6,11-13,31H,4,7-10,14H2,1-3H3,(H,27,30)/b28-20-. The number of nitrogens with zero attached hydrogens (tertiary/aromatic N) is 2. The first-order valence-corrected chi connectivity index (χ1v) is 12.9. The molecule has 34 heavy (non-hydrogen) atoms. The Balaban J connectivity index is 1.88. The number of quaternary nitrogens is 1. The van der Waals surface area contributed by atoms with Crippen LogP contribution in [-0.2, 0) is 17.6 Å². The van der Waals surface area contributed by atoms with Crippen molar-refractivity contribution in [2.24, 2.45) is 5.16 Å². The fourth-order valence-corrected chi connectivity index (χ4v) is 5.21. The van der Waals surface area contributed by atoms with Gasteiger partial charge in [-0.2, -0.15) is 0 Å². The van der Waals surface area contributed by atoms with Gasteiger partial charge in [0.2, 0.25) is 0 Å². The van der Waals surface area contributed by atoms with Crippen LogP contribution < -0.4 is 14.8 Å². The van der Waals surface area contributed by atoms with Crippen LogP contribution in [-0.4, -0.2) is 62.4 Å². The van der Waals surface area contributed by atoms with Crippen LogP contribution in [0.5, 0.6) is 11.5 Å². The second kappa shape index (κ2) is 13.4. The van der Waals surface area contributed by atoms with Crippen molar-refractivity contribution in [3.63, 3.8) is 0 Å². The molecule has 0 unspecified atom stereocenters. The molecule has 2 aromatic carbocycles. The van der Waals surface area contributed by atoms with Gasteiger partial charge in [0.05, 0.1) is 47.8 Å². The monoisotopic (exact) mass is 663 g/mol. The van der Waals surface area contributed by atoms with Gasteiger partial charge in [-0.05, 0) is 89.6 Å². The fourth-order valence-electron chi connectivity index (χ4n) is 3.11. The Morgan fingerprint density at radius 3 is 2.32 bits per heavy atom. The average Bonchev–Trinajstić information content (AvgIpc) is 2.75. The largest absolute Gasteiger partial charge is 0.633 e. The average molecular weight is 666 g/mol. The van der Waals surface area contributed by atoms with Crippen molar-refractivity contribution in [2.75, 3.05) is 40.9 Å². The minimum absolute atomic E-state index is 0.0167. The molecule has 0 atom stereocenters. The maximum absolute atomic E-state index is 12.5. The Bertz CT molecular complexity index is 1000. The SMILES string of the molecule is COc1ccc(C/C(=N/O)C(=O)NCCc2cc(Br)c(OCCC[N+](C)(C)[O-])c(Br)c2)cc1Br. The molecule has 0 saturated carbocycles. The van der Waals surface area contributed by atoms with Crippen molar-refractivity contribution in [1.82, 2.24) is 5.32 Å². The lowest BCUT2D eigenvalue weighted by Crippen LogP contribution is -2.34. The van der Waals surface area contributed by atoms with Gasteiger partial charge in [0, 0.05) is 19.4 Å². The molecular weight excluding hydrogens is 638 g/mol. The lowest BCUT2D eigenvalue weighted by Gasteiger charge is -2.33. The summed E-state index contributed by atoms with van der Waals surface area (Å²) in [6.07, 6.45) is 1.39. The first-order chi connectivity index (χ1) is 16.0. The number of carbonyl (C=O) groups excluding carboxylic acids is 1. The minimum Gasteiger partial charge on any atom is -0.633 e. The zero-order valence-corrected chi connectivity index (χ0v) is 24.0. The maximum atomic E-state index is 12.5. The van der Waals surface area contributed by atoms with Crippen molar-refractivity contribution >= 4 is 59.4 Å². The molecule has 0 aromatic heterocycles. The van der Waals surface area contributed by atoms with Crippen LogP contribution in [0.3, 0.4) is 0 Å². The Morgan fingerprint density at radius 1 is 1.12 bits per heavy atom.